The summed E-state index contributed by atoms with van der Waals surface area (Å²) < 4.78 is 6.45. The van der Waals surface area contributed by atoms with E-state index in [1.807, 2.05) is 0 Å². The molecule has 0 radical (unpaired) electrons. The van der Waals surface area contributed by atoms with Gasteiger partial charge in [-0.25, -0.2) is 14.3 Å². The Balaban J connectivity index is 0.912. The summed E-state index contributed by atoms with van der Waals surface area (Å²) in [7, 11) is 1.72. The fraction of sp³-hybridized carbons (Fsp3) is 0.407. The Morgan fingerprint density at radius 1 is 1.03 bits per heavy atom. The number of rotatable bonds is 7. The van der Waals surface area contributed by atoms with Gasteiger partial charge in [-0.05, 0) is 58.6 Å². The summed E-state index contributed by atoms with van der Waals surface area (Å²) in [6, 6.07) is 8.25. The Kier molecular flexibility index (Phi) is 3.61. The molecule has 6 aliphatic carbocycles. The van der Waals surface area contributed by atoms with Gasteiger partial charge >= 0.3 is 5.76 Å². The summed E-state index contributed by atoms with van der Waals surface area (Å²) in [6.07, 6.45) is 1.54. The largest absolute Gasteiger partial charge is 0.417 e. The van der Waals surface area contributed by atoms with E-state index in [0.717, 1.165) is 5.56 Å². The Morgan fingerprint density at radius 2 is 1.79 bits per heavy atom. The zero-order valence-electron chi connectivity index (χ0n) is 20.7. The van der Waals surface area contributed by atoms with Gasteiger partial charge in [-0.2, -0.15) is 5.10 Å². The third-order valence-electron chi connectivity index (χ3n) is 10.8. The average Bonchev–Trinajstić information content (AvgIpc) is 3.58. The van der Waals surface area contributed by atoms with Gasteiger partial charge in [-0.1, -0.05) is 6.07 Å². The second-order valence-electron chi connectivity index (χ2n) is 11.6. The van der Waals surface area contributed by atoms with Crippen molar-refractivity contribution >= 4 is 34.5 Å². The zero-order valence-corrected chi connectivity index (χ0v) is 20.7. The number of aromatic amines is 1. The molecule has 6 saturated carbocycles. The highest BCUT2D eigenvalue weighted by Gasteiger charge is 3.10. The van der Waals surface area contributed by atoms with Crippen molar-refractivity contribution in [2.24, 2.45) is 46.3 Å². The average molecular weight is 526 g/mol. The summed E-state index contributed by atoms with van der Waals surface area (Å²) in [5, 5.41) is 13.0. The summed E-state index contributed by atoms with van der Waals surface area (Å²) in [5.41, 5.74) is 2.57. The molecule has 0 atom stereocenters. The van der Waals surface area contributed by atoms with E-state index >= 15 is 0 Å². The predicted molar refractivity (Wildman–Crippen MR) is 133 cm³/mol. The Morgan fingerprint density at radius 3 is 2.54 bits per heavy atom. The van der Waals surface area contributed by atoms with E-state index in [0.29, 0.717) is 58.8 Å². The van der Waals surface area contributed by atoms with Crippen LogP contribution in [-0.4, -0.2) is 50.9 Å². The topological polar surface area (TPSA) is 163 Å². The van der Waals surface area contributed by atoms with Crippen LogP contribution in [0.5, 0.6) is 0 Å². The molecule has 196 valence electrons. The lowest BCUT2D eigenvalue weighted by Crippen LogP contribution is -3.12. The molecule has 3 heterocycles. The van der Waals surface area contributed by atoms with Gasteiger partial charge in [0, 0.05) is 32.3 Å². The lowest BCUT2D eigenvalue weighted by molar-refractivity contribution is -0.639. The van der Waals surface area contributed by atoms with E-state index in [9.17, 15) is 19.2 Å². The molecule has 10 rings (SSSR count). The molecule has 39 heavy (non-hydrogen) atoms. The maximum absolute atomic E-state index is 13.4. The van der Waals surface area contributed by atoms with E-state index in [1.165, 1.54) is 16.8 Å². The number of carbonyl (C=O) groups excluding carboxylic acids is 3. The molecule has 4 N–H and O–H groups in total. The number of benzene rings is 1. The fourth-order valence-electron chi connectivity index (χ4n) is 9.67. The molecule has 6 fully saturated rings. The van der Waals surface area contributed by atoms with Crippen molar-refractivity contribution in [3.05, 3.63) is 64.0 Å². The number of oxazole rings is 1. The van der Waals surface area contributed by atoms with Gasteiger partial charge in [0.25, 0.3) is 11.8 Å². The highest BCUT2D eigenvalue weighted by molar-refractivity contribution is 5.98. The van der Waals surface area contributed by atoms with Crippen LogP contribution in [0.1, 0.15) is 26.5 Å². The van der Waals surface area contributed by atoms with Gasteiger partial charge in [-0.15, -0.1) is 0 Å². The number of nitrogens with one attached hydrogen (secondary N) is 4. The maximum Gasteiger partial charge on any atom is 0.417 e. The standard InChI is InChI=1S/C27H23N7O5/c1-28-24(37)27-19-16-20(27)18-21(27)17(19)26(16,18)9-30-23(36)13-7-12(32-15-4-5-31-34(13)15)22(35)29-8-10-2-3-14-11(6-10)33-25(38)39-14/h2-7,16-21H,8-9H2,1H3,(H,28,37)(H,29,35)(H,30,36)(H,33,38). The Labute approximate surface area is 219 Å². The minimum absolute atomic E-state index is 0.0867. The van der Waals surface area contributed by atoms with Gasteiger partial charge in [0.15, 0.2) is 11.2 Å². The third kappa shape index (κ3) is 2.11. The van der Waals surface area contributed by atoms with Crippen LogP contribution in [0.25, 0.3) is 16.7 Å². The van der Waals surface area contributed by atoms with Crippen molar-refractivity contribution < 1.29 is 18.8 Å². The monoisotopic (exact) mass is 525 g/mol. The first-order valence-electron chi connectivity index (χ1n) is 13.2. The van der Waals surface area contributed by atoms with Crippen LogP contribution < -0.4 is 21.7 Å². The van der Waals surface area contributed by atoms with E-state index in [2.05, 4.69) is 31.0 Å². The maximum atomic E-state index is 13.4. The summed E-state index contributed by atoms with van der Waals surface area (Å²) in [4.78, 5) is 57.2. The highest BCUT2D eigenvalue weighted by atomic mass is 16.4. The molecule has 12 heteroatoms. The normalized spacial score (nSPS) is 35.1. The van der Waals surface area contributed by atoms with Crippen molar-refractivity contribution in [3.8, 4) is 0 Å². The van der Waals surface area contributed by atoms with E-state index in [-0.39, 0.29) is 40.6 Å². The van der Waals surface area contributed by atoms with Crippen molar-refractivity contribution in [2.45, 2.75) is 6.54 Å². The van der Waals surface area contributed by atoms with Crippen molar-refractivity contribution in [3.63, 3.8) is 0 Å². The number of amides is 3. The molecular formula is C27H23N7O5. The number of aromatic nitrogens is 4. The van der Waals surface area contributed by atoms with Crippen LogP contribution in [0.2, 0.25) is 0 Å². The zero-order chi connectivity index (χ0) is 26.4. The van der Waals surface area contributed by atoms with Gasteiger partial charge in [0.05, 0.1) is 17.1 Å². The first-order chi connectivity index (χ1) is 18.9. The van der Waals surface area contributed by atoms with E-state index in [1.54, 1.807) is 31.3 Å². The molecule has 0 unspecified atom stereocenters. The number of hydrogen-bond donors (Lipinski definition) is 4. The molecule has 0 aliphatic heterocycles. The number of fused-ring (bicyclic) bond motifs is 2. The van der Waals surface area contributed by atoms with Gasteiger partial charge in [-0.3, -0.25) is 19.4 Å². The van der Waals surface area contributed by atoms with Crippen LogP contribution in [0.4, 0.5) is 0 Å². The lowest BCUT2D eigenvalue weighted by Gasteiger charge is -3.10. The number of nitrogens with zero attached hydrogens (tertiary/aromatic N) is 3. The summed E-state index contributed by atoms with van der Waals surface area (Å²) >= 11 is 0. The third-order valence-corrected chi connectivity index (χ3v) is 10.8. The van der Waals surface area contributed by atoms with Gasteiger partial charge in [0.1, 0.15) is 11.4 Å². The van der Waals surface area contributed by atoms with E-state index < -0.39 is 11.7 Å². The van der Waals surface area contributed by atoms with Crippen LogP contribution in [0.15, 0.2) is 45.7 Å². The number of hydrogen-bond acceptors (Lipinski definition) is 7. The van der Waals surface area contributed by atoms with Crippen LogP contribution in [-0.2, 0) is 11.3 Å². The second kappa shape index (κ2) is 6.56. The van der Waals surface area contributed by atoms with Crippen LogP contribution in [0.3, 0.4) is 0 Å². The van der Waals surface area contributed by atoms with Gasteiger partial charge < -0.3 is 20.4 Å². The first kappa shape index (κ1) is 21.5. The molecule has 1 aromatic carbocycles. The quantitative estimate of drug-likeness (QED) is 0.270. The lowest BCUT2D eigenvalue weighted by atomic mass is 8.92. The molecule has 3 amide bonds. The Hall–Kier alpha value is -4.48. The molecule has 0 spiro atoms. The molecule has 0 saturated heterocycles. The van der Waals surface area contributed by atoms with Gasteiger partial charge in [0.2, 0.25) is 5.91 Å². The SMILES string of the molecule is CNC(=O)C12C3C4C1C1C2C3C41CNC(=O)c1cc(C(=O)NCc2ccc3oc(=O)[nH]c3c2)nc2ccnn12. The summed E-state index contributed by atoms with van der Waals surface area (Å²) in [5.74, 6) is 2.09. The summed E-state index contributed by atoms with van der Waals surface area (Å²) in [6.45, 7) is 0.785. The molecule has 4 aromatic rings. The molecule has 0 bridgehead atoms. The van der Waals surface area contributed by atoms with Crippen molar-refractivity contribution in [2.75, 3.05) is 13.6 Å². The second-order valence-corrected chi connectivity index (χ2v) is 11.6. The van der Waals surface area contributed by atoms with E-state index in [4.69, 9.17) is 4.42 Å². The van der Waals surface area contributed by atoms with Crippen LogP contribution in [0, 0.1) is 46.3 Å². The van der Waals surface area contributed by atoms with Crippen LogP contribution >= 0.6 is 0 Å². The minimum Gasteiger partial charge on any atom is -0.408 e. The smallest absolute Gasteiger partial charge is 0.408 e. The first-order valence-corrected chi connectivity index (χ1v) is 13.2. The molecule has 3 aromatic heterocycles. The van der Waals surface area contributed by atoms with Crippen molar-refractivity contribution in [1.82, 2.24) is 35.5 Å². The predicted octanol–water partition coefficient (Wildman–Crippen LogP) is 0.308. The molecule has 6 aliphatic rings. The number of H-pyrrole nitrogens is 1. The molecular weight excluding hydrogens is 502 g/mol. The minimum atomic E-state index is -0.539. The fourth-order valence-corrected chi connectivity index (χ4v) is 9.67. The Bertz CT molecular complexity index is 1810. The highest BCUT2D eigenvalue weighted by Crippen LogP contribution is 3.10. The van der Waals surface area contributed by atoms with Crippen molar-refractivity contribution in [1.29, 1.82) is 0 Å². The number of carbonyl (C=O) groups is 3. The molecule has 12 nitrogen and oxygen atoms in total.